The minimum atomic E-state index is -1.00. The number of aliphatic hydroxyl groups excluding tert-OH is 1. The number of halogens is 6. The minimum Gasteiger partial charge on any atom is -1.00 e. The first-order chi connectivity index (χ1) is 34.5. The third kappa shape index (κ3) is 12.5. The summed E-state index contributed by atoms with van der Waals surface area (Å²) in [6, 6.07) is 19.7. The van der Waals surface area contributed by atoms with Crippen molar-refractivity contribution in [2.75, 3.05) is 19.6 Å². The van der Waals surface area contributed by atoms with Crippen LogP contribution in [0, 0.1) is 17.5 Å². The quantitative estimate of drug-likeness (QED) is 0.0526. The molecule has 0 aliphatic heterocycles. The summed E-state index contributed by atoms with van der Waals surface area (Å²) in [4.78, 5) is 36.3. The Morgan fingerprint density at radius 1 is 0.694 bits per heavy atom. The number of carbonyl (C=O) groups is 2. The molecule has 3 aromatic carbocycles. The minimum absolute atomic E-state index is 0. The van der Waals surface area contributed by atoms with Crippen molar-refractivity contribution in [1.82, 2.24) is 59.2 Å². The molecule has 3 saturated carbocycles. The van der Waals surface area contributed by atoms with Crippen molar-refractivity contribution in [3.8, 4) is 34.2 Å². The zero-order valence-electron chi connectivity index (χ0n) is 40.7. The van der Waals surface area contributed by atoms with Crippen LogP contribution in [-0.4, -0.2) is 105 Å². The number of benzene rings is 3. The maximum Gasteiger partial charge on any atom is 1.00 e. The van der Waals surface area contributed by atoms with Gasteiger partial charge in [-0.3, -0.25) is 9.18 Å². The largest absolute Gasteiger partial charge is 1.00 e. The van der Waals surface area contributed by atoms with Crippen LogP contribution in [0.3, 0.4) is 0 Å². The van der Waals surface area contributed by atoms with Gasteiger partial charge in [0.25, 0.3) is 0 Å². The van der Waals surface area contributed by atoms with Gasteiger partial charge in [-0.1, -0.05) is 0 Å². The van der Waals surface area contributed by atoms with E-state index in [4.69, 9.17) is 24.6 Å². The van der Waals surface area contributed by atoms with Gasteiger partial charge in [-0.2, -0.15) is 20.4 Å². The summed E-state index contributed by atoms with van der Waals surface area (Å²) < 4.78 is 66.9. The second-order valence-corrected chi connectivity index (χ2v) is 16.8. The number of hydrogen-bond donors (Lipinski definition) is 1. The van der Waals surface area contributed by atoms with Gasteiger partial charge in [0.2, 0.25) is 0 Å². The molecule has 0 amide bonds. The van der Waals surface area contributed by atoms with E-state index in [1.54, 1.807) is 55.0 Å². The van der Waals surface area contributed by atoms with Crippen LogP contribution in [0.4, 0.5) is 17.6 Å². The van der Waals surface area contributed by atoms with Crippen LogP contribution >= 0.6 is 23.2 Å². The van der Waals surface area contributed by atoms with Crippen molar-refractivity contribution < 1.29 is 69.3 Å². The van der Waals surface area contributed by atoms with Crippen LogP contribution in [-0.2, 0) is 11.3 Å². The summed E-state index contributed by atoms with van der Waals surface area (Å²) in [5.74, 6) is 0.720. The Labute approximate surface area is 446 Å². The molecule has 6 heterocycles. The number of aldehydes is 1. The first kappa shape index (κ1) is 53.6. The zero-order valence-corrected chi connectivity index (χ0v) is 42.2. The van der Waals surface area contributed by atoms with Crippen molar-refractivity contribution in [2.45, 2.75) is 63.3 Å². The fraction of sp³-hybridized carbons (Fsp3) is 0.271. The summed E-state index contributed by atoms with van der Waals surface area (Å²) in [6.45, 7) is -0.168. The molecule has 3 aliphatic rings. The molecule has 1 N–H and O–H groups in total. The van der Waals surface area contributed by atoms with Crippen molar-refractivity contribution in [1.29, 1.82) is 0 Å². The van der Waals surface area contributed by atoms with E-state index >= 15 is 0 Å². The Hall–Kier alpha value is -6.23. The molecule has 3 radical (unpaired) electrons. The van der Waals surface area contributed by atoms with E-state index in [9.17, 15) is 32.3 Å². The van der Waals surface area contributed by atoms with E-state index < -0.39 is 13.1 Å². The molecule has 0 spiro atoms. The van der Waals surface area contributed by atoms with Crippen LogP contribution in [0.25, 0.3) is 67.3 Å². The first-order valence-electron chi connectivity index (χ1n) is 22.4. The molecule has 6 aromatic heterocycles. The first-order valence-corrected chi connectivity index (χ1v) is 22.7. The number of carbonyl (C=O) groups excluding carboxylic acids is 2. The molecule has 16 nitrogen and oxygen atoms in total. The Bertz CT molecular complexity index is 3370. The van der Waals surface area contributed by atoms with E-state index in [-0.39, 0.29) is 80.2 Å². The molecule has 9 aromatic rings. The molecule has 365 valence electrons. The second kappa shape index (κ2) is 24.9. The molecule has 3 fully saturated rings. The molecule has 0 saturated heterocycles. The summed E-state index contributed by atoms with van der Waals surface area (Å²) in [6.07, 6.45) is 11.7. The van der Waals surface area contributed by atoms with Crippen LogP contribution < -0.4 is 29.6 Å². The number of aliphatic hydroxyl groups is 1. The second-order valence-electron chi connectivity index (χ2n) is 16.0. The number of ether oxygens (including phenoxy) is 1. The number of aromatic nitrogens is 12. The summed E-state index contributed by atoms with van der Waals surface area (Å²) >= 11 is 9.53. The Balaban J connectivity index is 0.000000191. The molecule has 72 heavy (non-hydrogen) atoms. The van der Waals surface area contributed by atoms with E-state index in [1.807, 2.05) is 9.13 Å². The van der Waals surface area contributed by atoms with Gasteiger partial charge in [0.05, 0.1) is 85.0 Å². The van der Waals surface area contributed by atoms with E-state index in [0.717, 1.165) is 83.1 Å². The van der Waals surface area contributed by atoms with Crippen molar-refractivity contribution in [3.05, 3.63) is 126 Å². The van der Waals surface area contributed by atoms with Gasteiger partial charge in [-0.25, -0.2) is 32.9 Å². The topological polar surface area (TPSA) is 194 Å². The third-order valence-corrected chi connectivity index (χ3v) is 11.2. The summed E-state index contributed by atoms with van der Waals surface area (Å²) in [5, 5.41) is 32.3. The Morgan fingerprint density at radius 3 is 1.44 bits per heavy atom. The standard InChI is InChI=1S/C16H13FN4O2.C15H13FN4O.C15H11FN4O.CH2Cl2.CH3F.B.Na.H/c1-23-16(22)13-6-9(8-18-20-13)15-19-12-5-2-10(17)7-14(12)21(15)11-3-4-11;2*16-10-1-4-13-14(6-10)20(12-2-3-12)15(18-13)9-5-11(8-21)19-17-7-9;2-1-3;1-2;;;/h2,5-8,11H,3-4H2,1H3;1,4-7,12,21H,2-3,8H2;1,4-8,12H,2-3H2;1H2;1H3;;;/q;;;;;;+1;-1/i;;;;1D;;;. The Morgan fingerprint density at radius 2 is 1.07 bits per heavy atom. The van der Waals surface area contributed by atoms with E-state index in [0.29, 0.717) is 52.8 Å². The van der Waals surface area contributed by atoms with Crippen molar-refractivity contribution >= 4 is 77.0 Å². The maximum atomic E-state index is 13.6. The molecular weight excluding hydrogens is 989 g/mol. The summed E-state index contributed by atoms with van der Waals surface area (Å²) in [5.41, 5.74) is 7.57. The van der Waals surface area contributed by atoms with E-state index in [1.165, 1.54) is 43.5 Å². The predicted octanol–water partition coefficient (Wildman–Crippen LogP) is 6.74. The number of hydrogen-bond acceptors (Lipinski definition) is 13. The molecule has 24 heteroatoms. The number of rotatable bonds is 9. The van der Waals surface area contributed by atoms with Crippen LogP contribution in [0.2, 0.25) is 0 Å². The van der Waals surface area contributed by atoms with Crippen molar-refractivity contribution in [2.24, 2.45) is 0 Å². The molecular formula is C48H43BCl2F4N12NaO4. The number of alkyl halides is 3. The number of esters is 1. The molecule has 0 unspecified atom stereocenters. The molecule has 3 aliphatic carbocycles. The van der Waals surface area contributed by atoms with Gasteiger partial charge in [0.15, 0.2) is 12.0 Å². The van der Waals surface area contributed by atoms with Gasteiger partial charge < -0.3 is 25.0 Å². The number of imidazole rings is 3. The van der Waals surface area contributed by atoms with Crippen LogP contribution in [0.5, 0.6) is 0 Å². The monoisotopic (exact) mass is 1030 g/mol. The molecule has 12 rings (SSSR count). The fourth-order valence-corrected chi connectivity index (χ4v) is 7.78. The number of nitrogens with zero attached hydrogens (tertiary/aromatic N) is 12. The summed E-state index contributed by atoms with van der Waals surface area (Å²) in [7, 11) is 0.291. The average Bonchev–Trinajstić information content (AvgIpc) is 4.34. The smallest absolute Gasteiger partial charge is 1.00 e. The van der Waals surface area contributed by atoms with Gasteiger partial charge in [-0.15, -0.1) is 33.4 Å². The average molecular weight is 1030 g/mol. The van der Waals surface area contributed by atoms with Crippen LogP contribution in [0.1, 0.15) is 86.1 Å². The number of methoxy groups -OCH3 is 1. The molecule has 0 atom stereocenters. The number of fused-ring (bicyclic) bond motifs is 3. The van der Waals surface area contributed by atoms with Gasteiger partial charge in [-0.05, 0) is 111 Å². The fourth-order valence-electron chi connectivity index (χ4n) is 7.78. The Kier molecular flexibility index (Phi) is 18.6. The third-order valence-electron chi connectivity index (χ3n) is 11.2. The van der Waals surface area contributed by atoms with E-state index in [2.05, 4.69) is 54.8 Å². The maximum absolute atomic E-state index is 13.6. The SMILES string of the molecule is COC(=O)c1cc(-c2nc3ccc(F)cc3n2C2CC2)cnn1.ClCCl.O=Cc1cc(-c2nc3ccc(F)cc3n2C2CC2)cnn1.OCc1cc(-c2nc3ccc(F)cc3n2C2CC2)cnn1.[2H]CF.[B].[H-].[Na+]. The van der Waals surface area contributed by atoms with Gasteiger partial charge in [0.1, 0.15) is 40.6 Å². The van der Waals surface area contributed by atoms with Crippen LogP contribution in [0.15, 0.2) is 91.4 Å². The zero-order chi connectivity index (χ0) is 50.2. The molecule has 0 bridgehead atoms. The van der Waals surface area contributed by atoms with Gasteiger partial charge >= 0.3 is 35.5 Å². The van der Waals surface area contributed by atoms with Crippen molar-refractivity contribution in [3.63, 3.8) is 0 Å². The van der Waals surface area contributed by atoms with Gasteiger partial charge in [0, 0.05) is 43.2 Å². The predicted molar refractivity (Wildman–Crippen MR) is 260 cm³/mol. The normalized spacial score (nSPS) is 13.6.